The largest absolute Gasteiger partial charge is 0.396 e. The molecule has 0 aliphatic carbocycles. The van der Waals surface area contributed by atoms with E-state index in [-0.39, 0.29) is 0 Å². The summed E-state index contributed by atoms with van der Waals surface area (Å²) in [6.45, 7) is 2.89. The second-order valence-corrected chi connectivity index (χ2v) is 2.64. The molecule has 1 aliphatic heterocycles. The molecule has 0 saturated carbocycles. The van der Waals surface area contributed by atoms with Crippen molar-refractivity contribution in [1.29, 1.82) is 0 Å². The van der Waals surface area contributed by atoms with Gasteiger partial charge < -0.3 is 9.94 Å². The highest BCUT2D eigenvalue weighted by molar-refractivity contribution is 6.08. The highest BCUT2D eigenvalue weighted by Gasteiger charge is 2.21. The van der Waals surface area contributed by atoms with Gasteiger partial charge in [-0.1, -0.05) is 0 Å². The van der Waals surface area contributed by atoms with E-state index >= 15 is 0 Å². The van der Waals surface area contributed by atoms with Crippen LogP contribution in [0.15, 0.2) is 0 Å². The molecule has 1 fully saturated rings. The molecule has 58 valence electrons. The standard InChI is InChI=1S/C6H14BNO2/c7-5-10-8-2-1-6(3-8)4-9/h6,9H,1-5,7H2/t6-/m0/s1. The fourth-order valence-electron chi connectivity index (χ4n) is 1.25. The predicted molar refractivity (Wildman–Crippen MR) is 41.3 cm³/mol. The van der Waals surface area contributed by atoms with Gasteiger partial charge in [0.15, 0.2) is 0 Å². The van der Waals surface area contributed by atoms with E-state index in [0.29, 0.717) is 12.5 Å². The van der Waals surface area contributed by atoms with Crippen LogP contribution in [0.1, 0.15) is 6.42 Å². The van der Waals surface area contributed by atoms with Crippen LogP contribution in [0.3, 0.4) is 0 Å². The van der Waals surface area contributed by atoms with Crippen LogP contribution in [-0.4, -0.2) is 44.2 Å². The van der Waals surface area contributed by atoms with Crippen LogP contribution >= 0.6 is 0 Å². The smallest absolute Gasteiger partial charge is 0.137 e. The van der Waals surface area contributed by atoms with Crippen LogP contribution < -0.4 is 0 Å². The SMILES string of the molecule is BCON1CC[C@H](CO)C1. The zero-order valence-corrected chi connectivity index (χ0v) is 6.42. The van der Waals surface area contributed by atoms with E-state index in [9.17, 15) is 0 Å². The second kappa shape index (κ2) is 3.96. The maximum absolute atomic E-state index is 8.77. The maximum Gasteiger partial charge on any atom is 0.137 e. The molecule has 0 bridgehead atoms. The van der Waals surface area contributed by atoms with Gasteiger partial charge in [-0.25, -0.2) is 0 Å². The summed E-state index contributed by atoms with van der Waals surface area (Å²) in [4.78, 5) is 5.26. The zero-order chi connectivity index (χ0) is 7.40. The number of aliphatic hydroxyl groups excluding tert-OH is 1. The number of nitrogens with zero attached hydrogens (tertiary/aromatic N) is 1. The zero-order valence-electron chi connectivity index (χ0n) is 6.42. The summed E-state index contributed by atoms with van der Waals surface area (Å²) in [5.74, 6) is 0.437. The molecule has 0 aromatic carbocycles. The molecule has 1 heterocycles. The molecule has 0 aromatic heterocycles. The van der Waals surface area contributed by atoms with Gasteiger partial charge in [0.2, 0.25) is 0 Å². The van der Waals surface area contributed by atoms with E-state index in [1.165, 1.54) is 0 Å². The molecule has 0 aromatic rings. The van der Waals surface area contributed by atoms with Gasteiger partial charge in [0.1, 0.15) is 7.85 Å². The van der Waals surface area contributed by atoms with E-state index < -0.39 is 0 Å². The molecular formula is C6H14BNO2. The van der Waals surface area contributed by atoms with Gasteiger partial charge in [0.05, 0.1) is 0 Å². The normalized spacial score (nSPS) is 27.5. The Morgan fingerprint density at radius 1 is 1.70 bits per heavy atom. The Kier molecular flexibility index (Phi) is 3.18. The van der Waals surface area contributed by atoms with Crippen LogP contribution in [0.25, 0.3) is 0 Å². The Labute approximate surface area is 62.3 Å². The van der Waals surface area contributed by atoms with Crippen molar-refractivity contribution in [2.75, 3.05) is 26.2 Å². The average Bonchev–Trinajstić information content (AvgIpc) is 2.37. The van der Waals surface area contributed by atoms with Crippen molar-refractivity contribution in [2.45, 2.75) is 6.42 Å². The monoisotopic (exact) mass is 143 g/mol. The molecule has 1 aliphatic rings. The first-order chi connectivity index (χ1) is 4.86. The van der Waals surface area contributed by atoms with Crippen molar-refractivity contribution in [1.82, 2.24) is 5.06 Å². The Morgan fingerprint density at radius 2 is 2.50 bits per heavy atom. The van der Waals surface area contributed by atoms with Crippen molar-refractivity contribution in [2.24, 2.45) is 5.92 Å². The fourth-order valence-corrected chi connectivity index (χ4v) is 1.25. The Hall–Kier alpha value is -0.0551. The lowest BCUT2D eigenvalue weighted by atomic mass is 10.1. The van der Waals surface area contributed by atoms with E-state index in [0.717, 1.165) is 26.0 Å². The number of hydrogen-bond acceptors (Lipinski definition) is 3. The third-order valence-electron chi connectivity index (χ3n) is 1.82. The lowest BCUT2D eigenvalue weighted by Gasteiger charge is -2.13. The van der Waals surface area contributed by atoms with Gasteiger partial charge in [-0.05, 0) is 12.3 Å². The van der Waals surface area contributed by atoms with Gasteiger partial charge in [0.25, 0.3) is 0 Å². The lowest BCUT2D eigenvalue weighted by Crippen LogP contribution is -2.22. The summed E-state index contributed by atoms with van der Waals surface area (Å²) < 4.78 is 0. The van der Waals surface area contributed by atoms with Crippen molar-refractivity contribution in [3.63, 3.8) is 0 Å². The summed E-state index contributed by atoms with van der Waals surface area (Å²) >= 11 is 0. The molecule has 1 N–H and O–H groups in total. The summed E-state index contributed by atoms with van der Waals surface area (Å²) in [6.07, 6.45) is 1.07. The number of aliphatic hydroxyl groups is 1. The third kappa shape index (κ3) is 1.97. The van der Waals surface area contributed by atoms with Gasteiger partial charge in [-0.2, -0.15) is 5.06 Å². The van der Waals surface area contributed by atoms with Gasteiger partial charge in [0, 0.05) is 26.2 Å². The van der Waals surface area contributed by atoms with Crippen molar-refractivity contribution >= 4 is 7.85 Å². The molecule has 0 unspecified atom stereocenters. The summed E-state index contributed by atoms with van der Waals surface area (Å²) in [6, 6.07) is 0. The minimum atomic E-state index is 0.295. The average molecular weight is 143 g/mol. The number of hydrogen-bond donors (Lipinski definition) is 1. The molecule has 1 rings (SSSR count). The van der Waals surface area contributed by atoms with E-state index in [1.807, 2.05) is 12.9 Å². The summed E-state index contributed by atoms with van der Waals surface area (Å²) in [7, 11) is 1.98. The maximum atomic E-state index is 8.77. The second-order valence-electron chi connectivity index (χ2n) is 2.64. The minimum Gasteiger partial charge on any atom is -0.396 e. The van der Waals surface area contributed by atoms with Gasteiger partial charge in [-0.3, -0.25) is 0 Å². The van der Waals surface area contributed by atoms with Gasteiger partial charge in [-0.15, -0.1) is 0 Å². The molecule has 0 amide bonds. The van der Waals surface area contributed by atoms with Crippen molar-refractivity contribution in [3.8, 4) is 0 Å². The summed E-state index contributed by atoms with van der Waals surface area (Å²) in [5, 5.41) is 10.7. The van der Waals surface area contributed by atoms with Crippen molar-refractivity contribution < 1.29 is 9.94 Å². The Balaban J connectivity index is 2.15. The van der Waals surface area contributed by atoms with Crippen LogP contribution in [0.4, 0.5) is 0 Å². The topological polar surface area (TPSA) is 32.7 Å². The highest BCUT2D eigenvalue weighted by atomic mass is 16.7. The third-order valence-corrected chi connectivity index (χ3v) is 1.82. The molecule has 0 radical (unpaired) electrons. The van der Waals surface area contributed by atoms with E-state index in [1.54, 1.807) is 0 Å². The predicted octanol–water partition coefficient (Wildman–Crippen LogP) is -1.18. The molecule has 1 atom stereocenters. The molecule has 4 heteroatoms. The first-order valence-electron chi connectivity index (χ1n) is 3.85. The van der Waals surface area contributed by atoms with E-state index in [2.05, 4.69) is 0 Å². The highest BCUT2D eigenvalue weighted by Crippen LogP contribution is 2.14. The molecule has 3 nitrogen and oxygen atoms in total. The lowest BCUT2D eigenvalue weighted by molar-refractivity contribution is -0.126. The van der Waals surface area contributed by atoms with Crippen molar-refractivity contribution in [3.05, 3.63) is 0 Å². The molecular weight excluding hydrogens is 129 g/mol. The molecule has 0 spiro atoms. The van der Waals surface area contributed by atoms with Crippen LogP contribution in [-0.2, 0) is 4.84 Å². The Morgan fingerprint density at radius 3 is 3.00 bits per heavy atom. The van der Waals surface area contributed by atoms with E-state index in [4.69, 9.17) is 9.94 Å². The number of rotatable bonds is 3. The number of hydroxylamine groups is 2. The first-order valence-corrected chi connectivity index (χ1v) is 3.85. The minimum absolute atomic E-state index is 0.295. The van der Waals surface area contributed by atoms with Crippen LogP contribution in [0.2, 0.25) is 0 Å². The van der Waals surface area contributed by atoms with Crippen LogP contribution in [0, 0.1) is 5.92 Å². The van der Waals surface area contributed by atoms with Gasteiger partial charge >= 0.3 is 0 Å². The summed E-state index contributed by atoms with van der Waals surface area (Å²) in [5.41, 5.74) is 0. The molecule has 1 saturated heterocycles. The van der Waals surface area contributed by atoms with Crippen LogP contribution in [0.5, 0.6) is 0 Å². The quantitative estimate of drug-likeness (QED) is 0.505. The molecule has 10 heavy (non-hydrogen) atoms. The fraction of sp³-hybridized carbons (Fsp3) is 1.00. The first kappa shape index (κ1) is 8.05. The Bertz CT molecular complexity index is 102.